The Hall–Kier alpha value is -1.01. The summed E-state index contributed by atoms with van der Waals surface area (Å²) in [7, 11) is 0.634. The van der Waals surface area contributed by atoms with Gasteiger partial charge in [-0.25, -0.2) is 0 Å². The normalized spacial score (nSPS) is 9.00. The third-order valence-electron chi connectivity index (χ3n) is 1.38. The van der Waals surface area contributed by atoms with Crippen LogP contribution in [0.1, 0.15) is 25.7 Å². The van der Waals surface area contributed by atoms with E-state index in [-0.39, 0.29) is 12.8 Å². The molecule has 0 bridgehead atoms. The second-order valence-electron chi connectivity index (χ2n) is 2.40. The molecule has 0 aliphatic rings. The molecular weight excluding hydrogens is 190 g/mol. The van der Waals surface area contributed by atoms with Gasteiger partial charge in [-0.1, -0.05) is 0 Å². The maximum atomic E-state index is 10.6. The van der Waals surface area contributed by atoms with E-state index in [2.05, 4.69) is 9.31 Å². The van der Waals surface area contributed by atoms with Gasteiger partial charge < -0.3 is 19.4 Å². The molecule has 2 radical (unpaired) electrons. The monoisotopic (exact) mass is 200 g/mol. The first-order valence-electron chi connectivity index (χ1n) is 4.01. The Morgan fingerprint density at radius 1 is 0.929 bits per heavy atom. The van der Waals surface area contributed by atoms with Crippen molar-refractivity contribution in [3.8, 4) is 0 Å². The van der Waals surface area contributed by atoms with Crippen molar-refractivity contribution in [1.82, 2.24) is 0 Å². The molecule has 0 saturated carbocycles. The van der Waals surface area contributed by atoms with Crippen molar-refractivity contribution in [3.05, 3.63) is 0 Å². The van der Waals surface area contributed by atoms with Gasteiger partial charge in [0.05, 0.1) is 0 Å². The molecular formula is C6H10B2O6. The average molecular weight is 200 g/mol. The minimum atomic E-state index is -0.561. The van der Waals surface area contributed by atoms with Crippen LogP contribution < -0.4 is 0 Å². The van der Waals surface area contributed by atoms with Crippen LogP contribution in [0.15, 0.2) is 0 Å². The number of hydrogen-bond donors (Lipinski definition) is 2. The van der Waals surface area contributed by atoms with Crippen molar-refractivity contribution < 1.29 is 28.9 Å². The molecule has 0 fully saturated rings. The molecule has 0 atom stereocenters. The van der Waals surface area contributed by atoms with Crippen LogP contribution in [0.4, 0.5) is 0 Å². The fraction of sp³-hybridized carbons (Fsp3) is 0.667. The van der Waals surface area contributed by atoms with Gasteiger partial charge in [-0.3, -0.25) is 9.59 Å². The lowest BCUT2D eigenvalue weighted by atomic mass is 10.2. The van der Waals surface area contributed by atoms with Crippen LogP contribution >= 0.6 is 0 Å². The molecule has 0 aliphatic carbocycles. The van der Waals surface area contributed by atoms with Gasteiger partial charge in [-0.2, -0.15) is 0 Å². The Morgan fingerprint density at radius 2 is 1.29 bits per heavy atom. The molecule has 0 heterocycles. The largest absolute Gasteiger partial charge is 0.571 e. The van der Waals surface area contributed by atoms with E-state index in [9.17, 15) is 9.59 Å². The van der Waals surface area contributed by atoms with Crippen LogP contribution in [0.3, 0.4) is 0 Å². The van der Waals surface area contributed by atoms with Crippen LogP contribution in [0, 0.1) is 0 Å². The highest BCUT2D eigenvalue weighted by molar-refractivity contribution is 6.20. The molecule has 14 heavy (non-hydrogen) atoms. The van der Waals surface area contributed by atoms with Crippen molar-refractivity contribution in [2.24, 2.45) is 0 Å². The lowest BCUT2D eigenvalue weighted by Crippen LogP contribution is -2.09. The van der Waals surface area contributed by atoms with Crippen LogP contribution in [-0.2, 0) is 18.9 Å². The summed E-state index contributed by atoms with van der Waals surface area (Å²) in [5.74, 6) is -1.12. The Morgan fingerprint density at radius 3 is 1.57 bits per heavy atom. The molecule has 0 aliphatic heterocycles. The zero-order valence-electron chi connectivity index (χ0n) is 7.51. The lowest BCUT2D eigenvalue weighted by molar-refractivity contribution is -0.137. The topological polar surface area (TPSA) is 93.1 Å². The van der Waals surface area contributed by atoms with Gasteiger partial charge in [0.25, 0.3) is 11.9 Å². The van der Waals surface area contributed by atoms with Gasteiger partial charge in [-0.15, -0.1) is 0 Å². The fourth-order valence-corrected chi connectivity index (χ4v) is 0.774. The summed E-state index contributed by atoms with van der Waals surface area (Å²) in [5, 5.41) is 16.2. The van der Waals surface area contributed by atoms with Gasteiger partial charge in [0.15, 0.2) is 0 Å². The zero-order chi connectivity index (χ0) is 10.8. The lowest BCUT2D eigenvalue weighted by Gasteiger charge is -2.00. The molecule has 0 amide bonds. The van der Waals surface area contributed by atoms with E-state index in [0.29, 0.717) is 28.2 Å². The predicted molar refractivity (Wildman–Crippen MR) is 46.6 cm³/mol. The Balaban J connectivity index is 3.28. The maximum Gasteiger partial charge on any atom is 0.571 e. The summed E-state index contributed by atoms with van der Waals surface area (Å²) in [6, 6.07) is 0. The Labute approximate surface area is 82.8 Å². The second kappa shape index (κ2) is 8.58. The average Bonchev–Trinajstić information content (AvgIpc) is 2.13. The van der Waals surface area contributed by atoms with Crippen LogP contribution in [-0.4, -0.2) is 37.4 Å². The Bertz CT molecular complexity index is 165. The van der Waals surface area contributed by atoms with Crippen molar-refractivity contribution in [3.63, 3.8) is 0 Å². The van der Waals surface area contributed by atoms with Crippen LogP contribution in [0.25, 0.3) is 0 Å². The minimum absolute atomic E-state index is 0.118. The van der Waals surface area contributed by atoms with E-state index >= 15 is 0 Å². The SMILES string of the molecule is O=C(CCCCC(=O)O[B]O)O[B]O. The van der Waals surface area contributed by atoms with E-state index in [1.54, 1.807) is 0 Å². The number of rotatable bonds is 7. The Kier molecular flexibility index (Phi) is 7.96. The van der Waals surface area contributed by atoms with E-state index in [4.69, 9.17) is 10.0 Å². The molecule has 0 aromatic rings. The van der Waals surface area contributed by atoms with E-state index < -0.39 is 11.9 Å². The summed E-state index contributed by atoms with van der Waals surface area (Å²) in [4.78, 5) is 21.3. The summed E-state index contributed by atoms with van der Waals surface area (Å²) < 4.78 is 8.25. The number of hydrogen-bond acceptors (Lipinski definition) is 6. The molecule has 8 heteroatoms. The minimum Gasteiger partial charge on any atom is -0.511 e. The molecule has 6 nitrogen and oxygen atoms in total. The number of unbranched alkanes of at least 4 members (excludes halogenated alkanes) is 1. The molecule has 0 unspecified atom stereocenters. The van der Waals surface area contributed by atoms with Crippen molar-refractivity contribution >= 4 is 27.3 Å². The van der Waals surface area contributed by atoms with Crippen LogP contribution in [0.5, 0.6) is 0 Å². The summed E-state index contributed by atoms with van der Waals surface area (Å²) in [6.45, 7) is 0. The standard InChI is InChI=1S/C6H10B2O6/c9-5(13-7-11)3-1-2-4-6(10)14-8-12/h11-12H,1-4H2. The summed E-state index contributed by atoms with van der Waals surface area (Å²) in [6.07, 6.45) is 1.14. The third kappa shape index (κ3) is 7.63. The van der Waals surface area contributed by atoms with E-state index in [0.717, 1.165) is 0 Å². The first-order valence-corrected chi connectivity index (χ1v) is 4.01. The van der Waals surface area contributed by atoms with Crippen molar-refractivity contribution in [1.29, 1.82) is 0 Å². The fourth-order valence-electron chi connectivity index (χ4n) is 0.774. The number of carbonyl (C=O) groups excluding carboxylic acids is 2. The van der Waals surface area contributed by atoms with E-state index in [1.807, 2.05) is 0 Å². The zero-order valence-corrected chi connectivity index (χ0v) is 7.51. The second-order valence-corrected chi connectivity index (χ2v) is 2.40. The first-order chi connectivity index (χ1) is 6.70. The summed E-state index contributed by atoms with van der Waals surface area (Å²) >= 11 is 0. The van der Waals surface area contributed by atoms with Crippen molar-refractivity contribution in [2.45, 2.75) is 25.7 Å². The van der Waals surface area contributed by atoms with Gasteiger partial charge in [0.2, 0.25) is 0 Å². The van der Waals surface area contributed by atoms with Gasteiger partial charge in [0, 0.05) is 12.8 Å². The molecule has 0 aromatic carbocycles. The van der Waals surface area contributed by atoms with Gasteiger partial charge in [0.1, 0.15) is 0 Å². The molecule has 76 valence electrons. The quantitative estimate of drug-likeness (QED) is 0.391. The highest BCUT2D eigenvalue weighted by Crippen LogP contribution is 2.01. The summed E-state index contributed by atoms with van der Waals surface area (Å²) in [5.41, 5.74) is 0. The maximum absolute atomic E-state index is 10.6. The molecule has 0 rings (SSSR count). The van der Waals surface area contributed by atoms with Crippen molar-refractivity contribution in [2.75, 3.05) is 0 Å². The third-order valence-corrected chi connectivity index (χ3v) is 1.38. The highest BCUT2D eigenvalue weighted by atomic mass is 16.6. The highest BCUT2D eigenvalue weighted by Gasteiger charge is 2.05. The molecule has 2 N–H and O–H groups in total. The molecule has 0 spiro atoms. The first kappa shape index (κ1) is 13.0. The predicted octanol–water partition coefficient (Wildman–Crippen LogP) is -1.31. The van der Waals surface area contributed by atoms with Gasteiger partial charge in [-0.05, 0) is 12.8 Å². The van der Waals surface area contributed by atoms with Gasteiger partial charge >= 0.3 is 15.4 Å². The van der Waals surface area contributed by atoms with Crippen LogP contribution in [0.2, 0.25) is 0 Å². The van der Waals surface area contributed by atoms with E-state index in [1.165, 1.54) is 0 Å². The smallest absolute Gasteiger partial charge is 0.511 e. The molecule has 0 aromatic heterocycles. The molecule has 0 saturated heterocycles. The number of carbonyl (C=O) groups is 2.